The zero-order valence-electron chi connectivity index (χ0n) is 10.2. The van der Waals surface area contributed by atoms with E-state index in [4.69, 9.17) is 5.26 Å². The Morgan fingerprint density at radius 3 is 2.95 bits per heavy atom. The van der Waals surface area contributed by atoms with Crippen molar-refractivity contribution in [2.45, 2.75) is 12.8 Å². The van der Waals surface area contributed by atoms with Crippen LogP contribution in [0, 0.1) is 16.7 Å². The molecule has 1 N–H and O–H groups in total. The highest BCUT2D eigenvalue weighted by Crippen LogP contribution is 2.38. The third-order valence-corrected chi connectivity index (χ3v) is 3.76. The Morgan fingerprint density at radius 2 is 2.26 bits per heavy atom. The van der Waals surface area contributed by atoms with E-state index in [1.807, 2.05) is 17.0 Å². The fourth-order valence-corrected chi connectivity index (χ4v) is 2.75. The molecule has 6 heteroatoms. The molecular weight excluding hydrogens is 244 g/mol. The fraction of sp³-hybridized carbons (Fsp3) is 0.385. The van der Waals surface area contributed by atoms with Crippen molar-refractivity contribution in [3.8, 4) is 6.07 Å². The molecule has 0 unspecified atom stereocenters. The topological polar surface area (TPSA) is 86.1 Å². The second kappa shape index (κ2) is 4.05. The number of imide groups is 1. The SMILES string of the molecule is N#Cc1cccc(N2CC[C@]3(CC(=O)NC3=O)C2)n1. The highest BCUT2D eigenvalue weighted by atomic mass is 16.2. The summed E-state index contributed by atoms with van der Waals surface area (Å²) in [6.07, 6.45) is 0.892. The summed E-state index contributed by atoms with van der Waals surface area (Å²) < 4.78 is 0. The highest BCUT2D eigenvalue weighted by molar-refractivity contribution is 6.06. The van der Waals surface area contributed by atoms with Crippen LogP contribution in [0.5, 0.6) is 0 Å². The van der Waals surface area contributed by atoms with Crippen molar-refractivity contribution < 1.29 is 9.59 Å². The number of aromatic nitrogens is 1. The molecule has 0 bridgehead atoms. The Labute approximate surface area is 110 Å². The molecule has 2 aliphatic heterocycles. The van der Waals surface area contributed by atoms with E-state index in [1.165, 1.54) is 0 Å². The predicted molar refractivity (Wildman–Crippen MR) is 66.0 cm³/mol. The Bertz CT molecular complexity index is 607. The van der Waals surface area contributed by atoms with Gasteiger partial charge in [0.25, 0.3) is 0 Å². The van der Waals surface area contributed by atoms with E-state index in [9.17, 15) is 9.59 Å². The van der Waals surface area contributed by atoms with Crippen molar-refractivity contribution in [3.05, 3.63) is 23.9 Å². The van der Waals surface area contributed by atoms with Crippen molar-refractivity contribution in [2.24, 2.45) is 5.41 Å². The second-order valence-electron chi connectivity index (χ2n) is 5.00. The van der Waals surface area contributed by atoms with Crippen molar-refractivity contribution in [1.29, 1.82) is 5.26 Å². The fourth-order valence-electron chi connectivity index (χ4n) is 2.75. The van der Waals surface area contributed by atoms with Crippen LogP contribution in [0.25, 0.3) is 0 Å². The maximum Gasteiger partial charge on any atom is 0.235 e. The van der Waals surface area contributed by atoms with Gasteiger partial charge in [-0.15, -0.1) is 0 Å². The molecular formula is C13H12N4O2. The molecule has 3 heterocycles. The van der Waals surface area contributed by atoms with Crippen LogP contribution < -0.4 is 10.2 Å². The first-order valence-corrected chi connectivity index (χ1v) is 6.09. The highest BCUT2D eigenvalue weighted by Gasteiger charge is 2.51. The first-order chi connectivity index (χ1) is 9.13. The minimum Gasteiger partial charge on any atom is -0.355 e. The first kappa shape index (κ1) is 11.7. The van der Waals surface area contributed by atoms with Crippen LogP contribution in [0.3, 0.4) is 0 Å². The van der Waals surface area contributed by atoms with Gasteiger partial charge in [-0.05, 0) is 18.6 Å². The van der Waals surface area contributed by atoms with Gasteiger partial charge in [-0.3, -0.25) is 14.9 Å². The van der Waals surface area contributed by atoms with Gasteiger partial charge in [-0.25, -0.2) is 4.98 Å². The third kappa shape index (κ3) is 1.83. The number of hydrogen-bond acceptors (Lipinski definition) is 5. The van der Waals surface area contributed by atoms with E-state index in [1.54, 1.807) is 12.1 Å². The molecule has 1 spiro atoms. The quantitative estimate of drug-likeness (QED) is 0.725. The number of anilines is 1. The molecule has 6 nitrogen and oxygen atoms in total. The summed E-state index contributed by atoms with van der Waals surface area (Å²) in [4.78, 5) is 29.4. The summed E-state index contributed by atoms with van der Waals surface area (Å²) in [6, 6.07) is 7.22. The Morgan fingerprint density at radius 1 is 1.42 bits per heavy atom. The molecule has 1 atom stereocenters. The number of rotatable bonds is 1. The van der Waals surface area contributed by atoms with Gasteiger partial charge in [0, 0.05) is 19.5 Å². The molecule has 2 saturated heterocycles. The molecule has 96 valence electrons. The van der Waals surface area contributed by atoms with Gasteiger partial charge in [-0.1, -0.05) is 6.07 Å². The number of carbonyl (C=O) groups excluding carboxylic acids is 2. The lowest BCUT2D eigenvalue weighted by molar-refractivity contribution is -0.127. The van der Waals surface area contributed by atoms with E-state index in [0.29, 0.717) is 31.0 Å². The lowest BCUT2D eigenvalue weighted by Gasteiger charge is -2.21. The van der Waals surface area contributed by atoms with E-state index >= 15 is 0 Å². The Hall–Kier alpha value is -2.42. The minimum absolute atomic E-state index is 0.184. The number of amides is 2. The number of pyridine rings is 1. The third-order valence-electron chi connectivity index (χ3n) is 3.76. The van der Waals surface area contributed by atoms with Crippen LogP contribution >= 0.6 is 0 Å². The summed E-state index contributed by atoms with van der Waals surface area (Å²) in [7, 11) is 0. The maximum absolute atomic E-state index is 11.9. The molecule has 2 amide bonds. The number of carbonyl (C=O) groups is 2. The van der Waals surface area contributed by atoms with Crippen LogP contribution in [0.4, 0.5) is 5.82 Å². The van der Waals surface area contributed by atoms with E-state index in [0.717, 1.165) is 0 Å². The number of nitrogens with zero attached hydrogens (tertiary/aromatic N) is 3. The monoisotopic (exact) mass is 256 g/mol. The van der Waals surface area contributed by atoms with Gasteiger partial charge in [0.2, 0.25) is 11.8 Å². The standard InChI is InChI=1S/C13H12N4O2/c14-7-9-2-1-3-10(15-9)17-5-4-13(8-17)6-11(18)16-12(13)19/h1-3H,4-6,8H2,(H,16,18,19)/t13-/m0/s1. The molecule has 0 aliphatic carbocycles. The summed E-state index contributed by atoms with van der Waals surface area (Å²) in [5.74, 6) is 0.296. The van der Waals surface area contributed by atoms with Crippen LogP contribution in [0.1, 0.15) is 18.5 Å². The molecule has 0 aromatic carbocycles. The van der Waals surface area contributed by atoms with Gasteiger partial charge in [0.05, 0.1) is 5.41 Å². The zero-order valence-corrected chi connectivity index (χ0v) is 10.2. The lowest BCUT2D eigenvalue weighted by atomic mass is 9.85. The van der Waals surface area contributed by atoms with Gasteiger partial charge in [-0.2, -0.15) is 5.26 Å². The lowest BCUT2D eigenvalue weighted by Crippen LogP contribution is -2.34. The van der Waals surface area contributed by atoms with Crippen molar-refractivity contribution in [2.75, 3.05) is 18.0 Å². The van der Waals surface area contributed by atoms with Crippen LogP contribution in [0.2, 0.25) is 0 Å². The zero-order chi connectivity index (χ0) is 13.5. The summed E-state index contributed by atoms with van der Waals surface area (Å²) in [5.41, 5.74) is -0.257. The van der Waals surface area contributed by atoms with Gasteiger partial charge >= 0.3 is 0 Å². The minimum atomic E-state index is -0.610. The van der Waals surface area contributed by atoms with Crippen molar-refractivity contribution in [3.63, 3.8) is 0 Å². The van der Waals surface area contributed by atoms with Crippen LogP contribution in [-0.4, -0.2) is 29.9 Å². The molecule has 2 aliphatic rings. The average molecular weight is 256 g/mol. The number of nitrogens with one attached hydrogen (secondary N) is 1. The molecule has 0 radical (unpaired) electrons. The van der Waals surface area contributed by atoms with Crippen molar-refractivity contribution >= 4 is 17.6 Å². The first-order valence-electron chi connectivity index (χ1n) is 6.09. The normalized spacial score (nSPS) is 25.7. The van der Waals surface area contributed by atoms with E-state index in [2.05, 4.69) is 10.3 Å². The summed E-state index contributed by atoms with van der Waals surface area (Å²) in [6.45, 7) is 1.15. The Balaban J connectivity index is 1.84. The van der Waals surface area contributed by atoms with Crippen molar-refractivity contribution in [1.82, 2.24) is 10.3 Å². The molecule has 0 saturated carbocycles. The number of hydrogen-bond donors (Lipinski definition) is 1. The van der Waals surface area contributed by atoms with Crippen LogP contribution in [0.15, 0.2) is 18.2 Å². The molecule has 2 fully saturated rings. The van der Waals surface area contributed by atoms with E-state index in [-0.39, 0.29) is 18.2 Å². The van der Waals surface area contributed by atoms with E-state index < -0.39 is 5.41 Å². The average Bonchev–Trinajstić information content (AvgIpc) is 2.95. The summed E-state index contributed by atoms with van der Waals surface area (Å²) in [5, 5.41) is 11.2. The Kier molecular flexibility index (Phi) is 2.49. The van der Waals surface area contributed by atoms with Gasteiger partial charge < -0.3 is 4.90 Å². The molecule has 3 rings (SSSR count). The largest absolute Gasteiger partial charge is 0.355 e. The summed E-state index contributed by atoms with van der Waals surface area (Å²) >= 11 is 0. The second-order valence-corrected chi connectivity index (χ2v) is 5.00. The predicted octanol–water partition coefficient (Wildman–Crippen LogP) is 0.196. The number of nitriles is 1. The van der Waals surface area contributed by atoms with Gasteiger partial charge in [0.15, 0.2) is 0 Å². The smallest absolute Gasteiger partial charge is 0.235 e. The molecule has 1 aromatic rings. The van der Waals surface area contributed by atoms with Gasteiger partial charge in [0.1, 0.15) is 17.6 Å². The molecule has 19 heavy (non-hydrogen) atoms. The molecule has 1 aromatic heterocycles. The van der Waals surface area contributed by atoms with Crippen LogP contribution in [-0.2, 0) is 9.59 Å². The maximum atomic E-state index is 11.9.